The fourth-order valence-corrected chi connectivity index (χ4v) is 9.42. The highest BCUT2D eigenvalue weighted by Crippen LogP contribution is 2.50. The number of phenols is 1. The number of aromatic hydroxyl groups is 1. The monoisotopic (exact) mass is 697 g/mol. The van der Waals surface area contributed by atoms with E-state index in [4.69, 9.17) is 30.6 Å². The lowest BCUT2D eigenvalue weighted by Crippen LogP contribution is -2.56. The number of methoxy groups -OCH3 is 1. The highest BCUT2D eigenvalue weighted by atomic mass is 19.1. The van der Waals surface area contributed by atoms with Gasteiger partial charge in [0.15, 0.2) is 5.82 Å². The Balaban J connectivity index is 1.18. The number of halogens is 2. The minimum absolute atomic E-state index is 0.0244. The molecule has 1 N–H and O–H groups in total. The van der Waals surface area contributed by atoms with Crippen LogP contribution in [-0.2, 0) is 9.47 Å². The molecule has 4 aliphatic rings. The SMILES string of the molecule is C#Cc1c(F)ccc2cc(O)cc(-c3ncc4c(N5CCCOCC5)nc(OCC56CCCC5N(C5CCC(OC)CC5)CCC6)nc4c3F)c12. The maximum atomic E-state index is 17.0. The zero-order chi connectivity index (χ0) is 35.1. The van der Waals surface area contributed by atoms with Gasteiger partial charge in [-0.15, -0.1) is 6.42 Å². The third-order valence-corrected chi connectivity index (χ3v) is 11.9. The summed E-state index contributed by atoms with van der Waals surface area (Å²) < 4.78 is 49.9. The molecule has 9 nitrogen and oxygen atoms in total. The third kappa shape index (κ3) is 6.25. The van der Waals surface area contributed by atoms with E-state index in [2.05, 4.69) is 20.7 Å². The lowest BCUT2D eigenvalue weighted by atomic mass is 9.74. The first-order valence-electron chi connectivity index (χ1n) is 18.4. The summed E-state index contributed by atoms with van der Waals surface area (Å²) in [5.41, 5.74) is 0.0713. The Morgan fingerprint density at radius 3 is 2.69 bits per heavy atom. The predicted molar refractivity (Wildman–Crippen MR) is 192 cm³/mol. The van der Waals surface area contributed by atoms with E-state index in [0.29, 0.717) is 73.1 Å². The van der Waals surface area contributed by atoms with Crippen molar-refractivity contribution in [2.24, 2.45) is 5.41 Å². The van der Waals surface area contributed by atoms with E-state index in [1.807, 2.05) is 7.11 Å². The van der Waals surface area contributed by atoms with Crippen LogP contribution in [0.5, 0.6) is 11.8 Å². The van der Waals surface area contributed by atoms with Crippen molar-refractivity contribution in [2.75, 3.05) is 51.5 Å². The van der Waals surface area contributed by atoms with Crippen molar-refractivity contribution in [1.82, 2.24) is 19.9 Å². The first-order valence-corrected chi connectivity index (χ1v) is 18.4. The van der Waals surface area contributed by atoms with Gasteiger partial charge >= 0.3 is 6.01 Å². The van der Waals surface area contributed by atoms with Gasteiger partial charge in [0.05, 0.1) is 30.3 Å². The summed E-state index contributed by atoms with van der Waals surface area (Å²) in [7, 11) is 1.82. The smallest absolute Gasteiger partial charge is 0.319 e. The standard InChI is InChI=1S/C40H45F2N5O4/c1-3-29-32(41)13-8-25-21-27(48)22-30(34(25)29)36-35(42)37-31(23-43-36)38(46-16-6-19-50-20-18-46)45-39(44-37)51-24-40-14-4-7-33(40)47(17-5-15-40)26-9-11-28(49-2)12-10-26/h1,8,13,21-23,26,28,33,48H,4-7,9-12,14-20,24H2,2H3. The zero-order valence-corrected chi connectivity index (χ0v) is 29.2. The Kier molecular flexibility index (Phi) is 9.42. The van der Waals surface area contributed by atoms with Crippen LogP contribution >= 0.6 is 0 Å². The number of ether oxygens (including phenoxy) is 3. The van der Waals surface area contributed by atoms with Crippen LogP contribution in [0.2, 0.25) is 0 Å². The Labute approximate surface area is 297 Å². The van der Waals surface area contributed by atoms with E-state index in [1.54, 1.807) is 6.20 Å². The van der Waals surface area contributed by atoms with Crippen molar-refractivity contribution in [2.45, 2.75) is 82.4 Å². The summed E-state index contributed by atoms with van der Waals surface area (Å²) in [5.74, 6) is 1.48. The molecule has 0 spiro atoms. The summed E-state index contributed by atoms with van der Waals surface area (Å²) in [6.07, 6.45) is 18.5. The van der Waals surface area contributed by atoms with Gasteiger partial charge < -0.3 is 24.2 Å². The van der Waals surface area contributed by atoms with Gasteiger partial charge in [0, 0.05) is 61.5 Å². The second-order valence-electron chi connectivity index (χ2n) is 14.7. The largest absolute Gasteiger partial charge is 0.508 e. The Morgan fingerprint density at radius 2 is 1.86 bits per heavy atom. The normalized spacial score (nSPS) is 25.8. The number of fused-ring (bicyclic) bond motifs is 3. The van der Waals surface area contributed by atoms with Gasteiger partial charge in [-0.2, -0.15) is 9.97 Å². The molecule has 11 heteroatoms. The maximum absolute atomic E-state index is 17.0. The van der Waals surface area contributed by atoms with Crippen LogP contribution < -0.4 is 9.64 Å². The summed E-state index contributed by atoms with van der Waals surface area (Å²) in [4.78, 5) is 19.0. The van der Waals surface area contributed by atoms with Gasteiger partial charge in [0.1, 0.15) is 28.6 Å². The van der Waals surface area contributed by atoms with E-state index < -0.39 is 11.6 Å². The number of benzene rings is 2. The molecule has 0 radical (unpaired) electrons. The number of hydrogen-bond acceptors (Lipinski definition) is 9. The average Bonchev–Trinajstić information content (AvgIpc) is 3.40. The number of piperidine rings is 1. The predicted octanol–water partition coefficient (Wildman–Crippen LogP) is 7.01. The van der Waals surface area contributed by atoms with Crippen molar-refractivity contribution < 1.29 is 28.1 Å². The van der Waals surface area contributed by atoms with Crippen molar-refractivity contribution in [3.63, 3.8) is 0 Å². The minimum atomic E-state index is -0.724. The van der Waals surface area contributed by atoms with Crippen molar-refractivity contribution >= 4 is 27.5 Å². The number of aromatic nitrogens is 3. The van der Waals surface area contributed by atoms with Crippen molar-refractivity contribution in [3.8, 4) is 35.4 Å². The van der Waals surface area contributed by atoms with Gasteiger partial charge in [-0.05, 0) is 87.9 Å². The Morgan fingerprint density at radius 1 is 1.02 bits per heavy atom. The molecule has 4 aromatic rings. The van der Waals surface area contributed by atoms with Gasteiger partial charge in [-0.1, -0.05) is 18.4 Å². The second kappa shape index (κ2) is 14.1. The summed E-state index contributed by atoms with van der Waals surface area (Å²) in [6, 6.07) is 6.69. The number of anilines is 1. The number of nitrogens with zero attached hydrogens (tertiary/aromatic N) is 5. The van der Waals surface area contributed by atoms with Crippen molar-refractivity contribution in [3.05, 3.63) is 47.7 Å². The molecule has 2 saturated heterocycles. The number of hydrogen-bond donors (Lipinski definition) is 1. The van der Waals surface area contributed by atoms with E-state index >= 15 is 4.39 Å². The summed E-state index contributed by atoms with van der Waals surface area (Å²) in [6.45, 7) is 3.95. The highest BCUT2D eigenvalue weighted by Gasteiger charge is 2.50. The van der Waals surface area contributed by atoms with E-state index in [1.165, 1.54) is 24.3 Å². The fourth-order valence-electron chi connectivity index (χ4n) is 9.42. The first-order chi connectivity index (χ1) is 24.9. The van der Waals surface area contributed by atoms with E-state index in [0.717, 1.165) is 70.8 Å². The molecule has 8 rings (SSSR count). The summed E-state index contributed by atoms with van der Waals surface area (Å²) >= 11 is 0. The molecule has 4 fully saturated rings. The molecule has 2 aliphatic heterocycles. The molecule has 2 aromatic carbocycles. The van der Waals surface area contributed by atoms with Crippen LogP contribution in [0, 0.1) is 29.4 Å². The molecule has 2 atom stereocenters. The third-order valence-electron chi connectivity index (χ3n) is 11.9. The van der Waals surface area contributed by atoms with E-state index in [9.17, 15) is 9.50 Å². The van der Waals surface area contributed by atoms with Gasteiger partial charge in [0.2, 0.25) is 0 Å². The number of phenolic OH excluding ortho intramolecular Hbond substituents is 1. The first kappa shape index (κ1) is 34.0. The molecule has 2 aliphatic carbocycles. The second-order valence-corrected chi connectivity index (χ2v) is 14.7. The molecular formula is C40H45F2N5O4. The maximum Gasteiger partial charge on any atom is 0.319 e. The van der Waals surface area contributed by atoms with Crippen LogP contribution in [0.25, 0.3) is 32.9 Å². The summed E-state index contributed by atoms with van der Waals surface area (Å²) in [5, 5.41) is 11.8. The molecule has 4 heterocycles. The minimum Gasteiger partial charge on any atom is -0.508 e. The van der Waals surface area contributed by atoms with Crippen LogP contribution in [0.15, 0.2) is 30.5 Å². The van der Waals surface area contributed by atoms with Crippen LogP contribution in [0.4, 0.5) is 14.6 Å². The number of terminal acetylenes is 1. The molecule has 0 amide bonds. The quantitative estimate of drug-likeness (QED) is 0.205. The molecule has 2 aromatic heterocycles. The fraction of sp³-hybridized carbons (Fsp3) is 0.525. The topological polar surface area (TPSA) is 93.1 Å². The lowest BCUT2D eigenvalue weighted by Gasteiger charge is -2.50. The average molecular weight is 698 g/mol. The molecule has 268 valence electrons. The number of likely N-dealkylation sites (tertiary alicyclic amines) is 1. The van der Waals surface area contributed by atoms with Gasteiger partial charge in [-0.25, -0.2) is 8.78 Å². The number of pyridine rings is 1. The van der Waals surface area contributed by atoms with Crippen LogP contribution in [-0.4, -0.2) is 89.7 Å². The number of rotatable bonds is 7. The van der Waals surface area contributed by atoms with Gasteiger partial charge in [-0.3, -0.25) is 9.88 Å². The highest BCUT2D eigenvalue weighted by molar-refractivity contribution is 6.03. The zero-order valence-electron chi connectivity index (χ0n) is 29.2. The van der Waals surface area contributed by atoms with E-state index in [-0.39, 0.29) is 39.5 Å². The Hall–Kier alpha value is -4.11. The molecule has 51 heavy (non-hydrogen) atoms. The molecule has 0 bridgehead atoms. The van der Waals surface area contributed by atoms with Crippen molar-refractivity contribution in [1.29, 1.82) is 0 Å². The van der Waals surface area contributed by atoms with Gasteiger partial charge in [0.25, 0.3) is 0 Å². The molecule has 2 saturated carbocycles. The lowest BCUT2D eigenvalue weighted by molar-refractivity contribution is -0.0429. The van der Waals surface area contributed by atoms with Crippen LogP contribution in [0.1, 0.15) is 69.8 Å². The molecule has 2 unspecified atom stereocenters. The van der Waals surface area contributed by atoms with Crippen LogP contribution in [0.3, 0.4) is 0 Å². The Bertz CT molecular complexity index is 1970. The molecular weight excluding hydrogens is 652 g/mol.